The number of carbonyl (C=O) groups excluding carboxylic acids is 1. The Hall–Kier alpha value is -3.11. The minimum atomic E-state index is 0.0554. The van der Waals surface area contributed by atoms with Crippen LogP contribution in [-0.2, 0) is 11.2 Å². The monoisotopic (exact) mass is 399 g/mol. The molecule has 0 saturated carbocycles. The molecule has 1 fully saturated rings. The number of aryl methyl sites for hydroxylation is 1. The zero-order valence-corrected chi connectivity index (χ0v) is 17.6. The van der Waals surface area contributed by atoms with Crippen molar-refractivity contribution in [2.24, 2.45) is 0 Å². The Bertz CT molecular complexity index is 978. The molecule has 4 rings (SSSR count). The Morgan fingerprint density at radius 1 is 0.833 bits per heavy atom. The van der Waals surface area contributed by atoms with Crippen molar-refractivity contribution in [2.75, 3.05) is 42.9 Å². The van der Waals surface area contributed by atoms with E-state index in [-0.39, 0.29) is 5.91 Å². The van der Waals surface area contributed by atoms with Crippen LogP contribution in [0.2, 0.25) is 0 Å². The maximum absolute atomic E-state index is 12.7. The molecule has 30 heavy (non-hydrogen) atoms. The highest BCUT2D eigenvalue weighted by Crippen LogP contribution is 2.21. The van der Waals surface area contributed by atoms with Crippen molar-refractivity contribution in [3.8, 4) is 0 Å². The van der Waals surface area contributed by atoms with Crippen molar-refractivity contribution in [1.82, 2.24) is 4.90 Å². The number of para-hydroxylation sites is 2. The minimum absolute atomic E-state index is 0.0554. The van der Waals surface area contributed by atoms with Gasteiger partial charge in [-0.3, -0.25) is 9.69 Å². The van der Waals surface area contributed by atoms with Gasteiger partial charge < -0.3 is 10.2 Å². The van der Waals surface area contributed by atoms with E-state index >= 15 is 0 Å². The van der Waals surface area contributed by atoms with Crippen molar-refractivity contribution >= 4 is 17.3 Å². The first-order chi connectivity index (χ1) is 14.7. The zero-order valence-electron chi connectivity index (χ0n) is 17.6. The summed E-state index contributed by atoms with van der Waals surface area (Å²) in [6, 6.07) is 26.9. The summed E-state index contributed by atoms with van der Waals surface area (Å²) in [6.45, 7) is 6.27. The summed E-state index contributed by atoms with van der Waals surface area (Å²) in [4.78, 5) is 17.4. The van der Waals surface area contributed by atoms with Crippen LogP contribution < -0.4 is 10.2 Å². The first-order valence-corrected chi connectivity index (χ1v) is 10.6. The Morgan fingerprint density at radius 2 is 1.50 bits per heavy atom. The lowest BCUT2D eigenvalue weighted by Gasteiger charge is -2.36. The summed E-state index contributed by atoms with van der Waals surface area (Å²) in [6.07, 6.45) is 0.812. The van der Waals surface area contributed by atoms with Crippen molar-refractivity contribution < 1.29 is 4.79 Å². The van der Waals surface area contributed by atoms with E-state index in [1.54, 1.807) is 0 Å². The molecule has 0 bridgehead atoms. The van der Waals surface area contributed by atoms with Crippen LogP contribution in [0.1, 0.15) is 16.7 Å². The standard InChI is InChI=1S/C26H29N3O/c1-21-9-5-8-14-25(21)29-17-15-28(16-18-29)20-26(30)27-24-13-7-6-12-23(24)19-22-10-3-2-4-11-22/h2-14H,15-20H2,1H3,(H,27,30). The fourth-order valence-corrected chi connectivity index (χ4v) is 4.07. The van der Waals surface area contributed by atoms with E-state index < -0.39 is 0 Å². The van der Waals surface area contributed by atoms with Gasteiger partial charge in [0, 0.05) is 37.6 Å². The number of amides is 1. The molecule has 0 unspecified atom stereocenters. The molecular weight excluding hydrogens is 370 g/mol. The topological polar surface area (TPSA) is 35.6 Å². The first-order valence-electron chi connectivity index (χ1n) is 10.6. The third-order valence-electron chi connectivity index (χ3n) is 5.72. The third-order valence-corrected chi connectivity index (χ3v) is 5.72. The van der Waals surface area contributed by atoms with Crippen LogP contribution in [0.4, 0.5) is 11.4 Å². The molecule has 0 radical (unpaired) electrons. The van der Waals surface area contributed by atoms with E-state index in [0.717, 1.165) is 43.9 Å². The molecule has 4 nitrogen and oxygen atoms in total. The molecule has 1 amide bonds. The summed E-state index contributed by atoms with van der Waals surface area (Å²) in [5.41, 5.74) is 5.90. The molecule has 1 aliphatic rings. The van der Waals surface area contributed by atoms with Gasteiger partial charge in [0.15, 0.2) is 0 Å². The van der Waals surface area contributed by atoms with Gasteiger partial charge in [0.25, 0.3) is 0 Å². The smallest absolute Gasteiger partial charge is 0.238 e. The average Bonchev–Trinajstić information content (AvgIpc) is 2.77. The van der Waals surface area contributed by atoms with E-state index in [1.165, 1.54) is 16.8 Å². The van der Waals surface area contributed by atoms with Gasteiger partial charge in [-0.1, -0.05) is 66.7 Å². The van der Waals surface area contributed by atoms with E-state index in [0.29, 0.717) is 6.54 Å². The fourth-order valence-electron chi connectivity index (χ4n) is 4.07. The lowest BCUT2D eigenvalue weighted by atomic mass is 10.0. The summed E-state index contributed by atoms with van der Waals surface area (Å²) >= 11 is 0. The number of rotatable bonds is 6. The highest BCUT2D eigenvalue weighted by atomic mass is 16.2. The molecule has 154 valence electrons. The van der Waals surface area contributed by atoms with Crippen molar-refractivity contribution in [1.29, 1.82) is 0 Å². The Kier molecular flexibility index (Phi) is 6.45. The zero-order chi connectivity index (χ0) is 20.8. The van der Waals surface area contributed by atoms with Gasteiger partial charge in [-0.05, 0) is 42.2 Å². The van der Waals surface area contributed by atoms with Gasteiger partial charge in [0.05, 0.1) is 6.54 Å². The molecule has 4 heteroatoms. The minimum Gasteiger partial charge on any atom is -0.369 e. The van der Waals surface area contributed by atoms with Crippen LogP contribution >= 0.6 is 0 Å². The molecule has 1 saturated heterocycles. The SMILES string of the molecule is Cc1ccccc1N1CCN(CC(=O)Nc2ccccc2Cc2ccccc2)CC1. The van der Waals surface area contributed by atoms with E-state index in [9.17, 15) is 4.79 Å². The number of piperazine rings is 1. The molecular formula is C26H29N3O. The second kappa shape index (κ2) is 9.59. The molecule has 0 aromatic heterocycles. The second-order valence-corrected chi connectivity index (χ2v) is 7.92. The molecule has 0 atom stereocenters. The summed E-state index contributed by atoms with van der Waals surface area (Å²) < 4.78 is 0. The third kappa shape index (κ3) is 5.08. The average molecular weight is 400 g/mol. The van der Waals surface area contributed by atoms with Gasteiger partial charge in [-0.25, -0.2) is 0 Å². The number of hydrogen-bond donors (Lipinski definition) is 1. The van der Waals surface area contributed by atoms with E-state index in [4.69, 9.17) is 0 Å². The van der Waals surface area contributed by atoms with Crippen molar-refractivity contribution in [2.45, 2.75) is 13.3 Å². The van der Waals surface area contributed by atoms with Crippen LogP contribution in [0.5, 0.6) is 0 Å². The fraction of sp³-hybridized carbons (Fsp3) is 0.269. The number of nitrogens with zero attached hydrogens (tertiary/aromatic N) is 2. The molecule has 1 aliphatic heterocycles. The summed E-state index contributed by atoms with van der Waals surface area (Å²) in [7, 11) is 0. The van der Waals surface area contributed by atoms with Gasteiger partial charge in [0.2, 0.25) is 5.91 Å². The maximum atomic E-state index is 12.7. The molecule has 3 aromatic carbocycles. The van der Waals surface area contributed by atoms with Crippen LogP contribution in [0, 0.1) is 6.92 Å². The lowest BCUT2D eigenvalue weighted by molar-refractivity contribution is -0.117. The highest BCUT2D eigenvalue weighted by molar-refractivity contribution is 5.93. The van der Waals surface area contributed by atoms with Gasteiger partial charge in [0.1, 0.15) is 0 Å². The Balaban J connectivity index is 1.32. The largest absolute Gasteiger partial charge is 0.369 e. The number of anilines is 2. The van der Waals surface area contributed by atoms with Gasteiger partial charge >= 0.3 is 0 Å². The van der Waals surface area contributed by atoms with E-state index in [2.05, 4.69) is 64.5 Å². The molecule has 1 N–H and O–H groups in total. The second-order valence-electron chi connectivity index (χ2n) is 7.92. The molecule has 3 aromatic rings. The van der Waals surface area contributed by atoms with Crippen LogP contribution in [0.15, 0.2) is 78.9 Å². The number of nitrogens with one attached hydrogen (secondary N) is 1. The summed E-state index contributed by atoms with van der Waals surface area (Å²) in [5.74, 6) is 0.0554. The van der Waals surface area contributed by atoms with E-state index in [1.807, 2.05) is 36.4 Å². The predicted octanol–water partition coefficient (Wildman–Crippen LogP) is 4.35. The van der Waals surface area contributed by atoms with Gasteiger partial charge in [-0.2, -0.15) is 0 Å². The normalized spacial score (nSPS) is 14.5. The lowest BCUT2D eigenvalue weighted by Crippen LogP contribution is -2.48. The Labute approximate surface area is 179 Å². The summed E-state index contributed by atoms with van der Waals surface area (Å²) in [5, 5.41) is 3.14. The predicted molar refractivity (Wildman–Crippen MR) is 124 cm³/mol. The molecule has 0 spiro atoms. The highest BCUT2D eigenvalue weighted by Gasteiger charge is 2.20. The maximum Gasteiger partial charge on any atom is 0.238 e. The molecule has 1 heterocycles. The molecule has 0 aliphatic carbocycles. The van der Waals surface area contributed by atoms with Gasteiger partial charge in [-0.15, -0.1) is 0 Å². The van der Waals surface area contributed by atoms with Crippen molar-refractivity contribution in [3.63, 3.8) is 0 Å². The van der Waals surface area contributed by atoms with Crippen molar-refractivity contribution in [3.05, 3.63) is 95.6 Å². The number of carbonyl (C=O) groups is 1. The number of benzene rings is 3. The Morgan fingerprint density at radius 3 is 2.27 bits per heavy atom. The first kappa shape index (κ1) is 20.2. The van der Waals surface area contributed by atoms with Crippen LogP contribution in [0.3, 0.4) is 0 Å². The number of hydrogen-bond acceptors (Lipinski definition) is 3. The quantitative estimate of drug-likeness (QED) is 0.670. The van der Waals surface area contributed by atoms with Crippen LogP contribution in [0.25, 0.3) is 0 Å². The van der Waals surface area contributed by atoms with Crippen LogP contribution in [-0.4, -0.2) is 43.5 Å².